The highest BCUT2D eigenvalue weighted by molar-refractivity contribution is 8.15. The Kier molecular flexibility index (Phi) is 3.62. The van der Waals surface area contributed by atoms with Crippen LogP contribution in [0.4, 0.5) is 5.69 Å². The Morgan fingerprint density at radius 2 is 2.00 bits per heavy atom. The van der Waals surface area contributed by atoms with Crippen LogP contribution in [0.3, 0.4) is 0 Å². The van der Waals surface area contributed by atoms with Gasteiger partial charge in [-0.25, -0.2) is 4.99 Å². The Morgan fingerprint density at radius 1 is 1.24 bits per heavy atom. The van der Waals surface area contributed by atoms with Gasteiger partial charge in [0.05, 0.1) is 12.1 Å². The van der Waals surface area contributed by atoms with Crippen LogP contribution in [0.25, 0.3) is 10.8 Å². The maximum atomic E-state index is 11.7. The Morgan fingerprint density at radius 3 is 2.81 bits per heavy atom. The van der Waals surface area contributed by atoms with Gasteiger partial charge >= 0.3 is 5.97 Å². The molecule has 6 heteroatoms. The van der Waals surface area contributed by atoms with E-state index in [4.69, 9.17) is 5.11 Å². The number of amides is 1. The third-order valence-electron chi connectivity index (χ3n) is 3.13. The van der Waals surface area contributed by atoms with Crippen molar-refractivity contribution in [1.29, 1.82) is 0 Å². The second kappa shape index (κ2) is 5.57. The van der Waals surface area contributed by atoms with E-state index in [9.17, 15) is 9.59 Å². The van der Waals surface area contributed by atoms with E-state index in [0.717, 1.165) is 28.2 Å². The number of hydrogen-bond donors (Lipinski definition) is 2. The number of carbonyl (C=O) groups excluding carboxylic acids is 1. The van der Waals surface area contributed by atoms with Crippen LogP contribution >= 0.6 is 11.8 Å². The lowest BCUT2D eigenvalue weighted by Crippen LogP contribution is -2.26. The number of carbonyl (C=O) groups is 2. The van der Waals surface area contributed by atoms with Gasteiger partial charge in [-0.05, 0) is 11.5 Å². The third kappa shape index (κ3) is 2.90. The van der Waals surface area contributed by atoms with Crippen molar-refractivity contribution in [2.75, 3.05) is 0 Å². The zero-order valence-corrected chi connectivity index (χ0v) is 11.8. The van der Waals surface area contributed by atoms with Crippen LogP contribution in [0.5, 0.6) is 0 Å². The number of aliphatic imine (C=N–C) groups is 1. The highest BCUT2D eigenvalue weighted by Gasteiger charge is 2.32. The standard InChI is InChI=1S/C15H12N2O3S/c18-13(19)8-12-14(20)17-15(21-12)16-11-7-3-5-9-4-1-2-6-10(9)11/h1-7,12H,8H2,(H,18,19)(H,16,17,20). The van der Waals surface area contributed by atoms with E-state index >= 15 is 0 Å². The molecular formula is C15H12N2O3S. The molecule has 1 aliphatic rings. The number of rotatable bonds is 3. The smallest absolute Gasteiger partial charge is 0.305 e. The van der Waals surface area contributed by atoms with E-state index in [2.05, 4.69) is 10.3 Å². The lowest BCUT2D eigenvalue weighted by Gasteiger charge is -2.02. The van der Waals surface area contributed by atoms with E-state index in [1.54, 1.807) is 0 Å². The first-order chi connectivity index (χ1) is 10.1. The molecule has 0 aromatic heterocycles. The summed E-state index contributed by atoms with van der Waals surface area (Å²) in [6.07, 6.45) is -0.203. The maximum absolute atomic E-state index is 11.7. The van der Waals surface area contributed by atoms with Crippen molar-refractivity contribution in [3.8, 4) is 0 Å². The highest BCUT2D eigenvalue weighted by atomic mass is 32.2. The van der Waals surface area contributed by atoms with Crippen molar-refractivity contribution in [3.05, 3.63) is 42.5 Å². The Bertz CT molecular complexity index is 752. The summed E-state index contributed by atoms with van der Waals surface area (Å²) in [6, 6.07) is 13.6. The molecule has 1 saturated heterocycles. The average molecular weight is 300 g/mol. The summed E-state index contributed by atoms with van der Waals surface area (Å²) in [4.78, 5) is 26.9. The minimum Gasteiger partial charge on any atom is -0.481 e. The highest BCUT2D eigenvalue weighted by Crippen LogP contribution is 2.29. The molecule has 1 aliphatic heterocycles. The van der Waals surface area contributed by atoms with Gasteiger partial charge in [0.1, 0.15) is 5.25 Å². The molecule has 0 aliphatic carbocycles. The number of amidine groups is 1. The number of nitrogens with zero attached hydrogens (tertiary/aromatic N) is 1. The fourth-order valence-corrected chi connectivity index (χ4v) is 3.14. The average Bonchev–Trinajstić information content (AvgIpc) is 2.78. The molecule has 2 aromatic rings. The van der Waals surface area contributed by atoms with Gasteiger partial charge in [0.15, 0.2) is 5.17 Å². The van der Waals surface area contributed by atoms with Crippen LogP contribution in [0, 0.1) is 0 Å². The van der Waals surface area contributed by atoms with E-state index in [-0.39, 0.29) is 12.3 Å². The molecule has 21 heavy (non-hydrogen) atoms. The van der Waals surface area contributed by atoms with Crippen molar-refractivity contribution < 1.29 is 14.7 Å². The predicted octanol–water partition coefficient (Wildman–Crippen LogP) is 2.53. The van der Waals surface area contributed by atoms with Gasteiger partial charge in [-0.15, -0.1) is 0 Å². The molecule has 1 unspecified atom stereocenters. The molecule has 0 saturated carbocycles. The van der Waals surface area contributed by atoms with Gasteiger partial charge in [-0.1, -0.05) is 48.2 Å². The van der Waals surface area contributed by atoms with Crippen LogP contribution < -0.4 is 5.32 Å². The first-order valence-electron chi connectivity index (χ1n) is 6.39. The molecule has 1 fully saturated rings. The van der Waals surface area contributed by atoms with Gasteiger partial charge in [-0.2, -0.15) is 0 Å². The van der Waals surface area contributed by atoms with Gasteiger partial charge in [0, 0.05) is 5.39 Å². The quantitative estimate of drug-likeness (QED) is 0.913. The fourth-order valence-electron chi connectivity index (χ4n) is 2.17. The normalized spacial score (nSPS) is 19.9. The number of carboxylic acids is 1. The van der Waals surface area contributed by atoms with Crippen LogP contribution in [0.1, 0.15) is 6.42 Å². The topological polar surface area (TPSA) is 78.8 Å². The fraction of sp³-hybridized carbons (Fsp3) is 0.133. The molecule has 2 aromatic carbocycles. The molecule has 1 amide bonds. The number of fused-ring (bicyclic) bond motifs is 1. The number of nitrogens with one attached hydrogen (secondary N) is 1. The lowest BCUT2D eigenvalue weighted by molar-refractivity contribution is -0.138. The van der Waals surface area contributed by atoms with Crippen LogP contribution in [-0.4, -0.2) is 27.4 Å². The van der Waals surface area contributed by atoms with Crippen molar-refractivity contribution in [3.63, 3.8) is 0 Å². The number of aliphatic carboxylic acids is 1. The molecule has 0 radical (unpaired) electrons. The SMILES string of the molecule is O=C(O)CC1SC(=Nc2cccc3ccccc23)NC1=O. The summed E-state index contributed by atoms with van der Waals surface area (Å²) in [5.74, 6) is -1.30. The first-order valence-corrected chi connectivity index (χ1v) is 7.27. The van der Waals surface area contributed by atoms with E-state index < -0.39 is 11.2 Å². The maximum Gasteiger partial charge on any atom is 0.305 e. The van der Waals surface area contributed by atoms with Gasteiger partial charge in [0.2, 0.25) is 5.91 Å². The first kappa shape index (κ1) is 13.6. The minimum absolute atomic E-state index is 0.203. The molecule has 5 nitrogen and oxygen atoms in total. The minimum atomic E-state index is -0.992. The summed E-state index contributed by atoms with van der Waals surface area (Å²) >= 11 is 1.16. The summed E-state index contributed by atoms with van der Waals surface area (Å²) in [5, 5.41) is 13.3. The summed E-state index contributed by atoms with van der Waals surface area (Å²) in [7, 11) is 0. The van der Waals surface area contributed by atoms with Crippen LogP contribution in [-0.2, 0) is 9.59 Å². The molecule has 3 rings (SSSR count). The lowest BCUT2D eigenvalue weighted by atomic mass is 10.1. The van der Waals surface area contributed by atoms with Gasteiger partial charge in [0.25, 0.3) is 0 Å². The van der Waals surface area contributed by atoms with Crippen molar-refractivity contribution >= 4 is 45.3 Å². The number of benzene rings is 2. The van der Waals surface area contributed by atoms with E-state index in [1.165, 1.54) is 0 Å². The summed E-state index contributed by atoms with van der Waals surface area (Å²) in [6.45, 7) is 0. The molecular weight excluding hydrogens is 288 g/mol. The zero-order chi connectivity index (χ0) is 14.8. The monoisotopic (exact) mass is 300 g/mol. The second-order valence-electron chi connectivity index (χ2n) is 4.61. The predicted molar refractivity (Wildman–Crippen MR) is 82.8 cm³/mol. The molecule has 106 valence electrons. The Hall–Kier alpha value is -2.34. The number of thioether (sulfide) groups is 1. The van der Waals surface area contributed by atoms with Gasteiger partial charge < -0.3 is 10.4 Å². The van der Waals surface area contributed by atoms with Gasteiger partial charge in [-0.3, -0.25) is 9.59 Å². The van der Waals surface area contributed by atoms with Crippen LogP contribution in [0.2, 0.25) is 0 Å². The number of hydrogen-bond acceptors (Lipinski definition) is 4. The van der Waals surface area contributed by atoms with E-state index in [1.807, 2.05) is 42.5 Å². The van der Waals surface area contributed by atoms with Crippen molar-refractivity contribution in [2.24, 2.45) is 4.99 Å². The second-order valence-corrected chi connectivity index (χ2v) is 5.80. The van der Waals surface area contributed by atoms with Crippen molar-refractivity contribution in [2.45, 2.75) is 11.7 Å². The molecule has 1 heterocycles. The van der Waals surface area contributed by atoms with E-state index in [0.29, 0.717) is 5.17 Å². The molecule has 1 atom stereocenters. The summed E-state index contributed by atoms with van der Waals surface area (Å²) < 4.78 is 0. The number of carboxylic acid groups (broad SMARTS) is 1. The zero-order valence-electron chi connectivity index (χ0n) is 10.9. The Balaban J connectivity index is 1.91. The van der Waals surface area contributed by atoms with Crippen molar-refractivity contribution in [1.82, 2.24) is 5.32 Å². The summed E-state index contributed by atoms with van der Waals surface area (Å²) in [5.41, 5.74) is 0.756. The van der Waals surface area contributed by atoms with Crippen LogP contribution in [0.15, 0.2) is 47.5 Å². The molecule has 0 bridgehead atoms. The Labute approximate surface area is 125 Å². The third-order valence-corrected chi connectivity index (χ3v) is 4.21. The molecule has 0 spiro atoms. The largest absolute Gasteiger partial charge is 0.481 e. The molecule has 2 N–H and O–H groups in total.